The molecule has 0 aromatic carbocycles. The van der Waals surface area contributed by atoms with Gasteiger partial charge in [-0.3, -0.25) is 0 Å². The Labute approximate surface area is 40.0 Å². The largest absolute Gasteiger partial charge is 0.468 e. The van der Waals surface area contributed by atoms with Crippen LogP contribution in [0.15, 0.2) is 0 Å². The summed E-state index contributed by atoms with van der Waals surface area (Å²) in [6.07, 6.45) is 0. The summed E-state index contributed by atoms with van der Waals surface area (Å²) in [5.41, 5.74) is 0. The molecule has 0 aliphatic heterocycles. The van der Waals surface area contributed by atoms with E-state index in [1.165, 1.54) is 4.90 Å². The Kier molecular flexibility index (Phi) is 2.18. The predicted octanol–water partition coefficient (Wildman–Crippen LogP) is -0.299. The van der Waals surface area contributed by atoms with E-state index < -0.39 is 0 Å². The Hall–Kier alpha value is -0.0400. The molecule has 0 aliphatic carbocycles. The first-order valence-corrected chi connectivity index (χ1v) is 2.30. The summed E-state index contributed by atoms with van der Waals surface area (Å²) < 4.78 is 0. The van der Waals surface area contributed by atoms with Gasteiger partial charge in [0.1, 0.15) is 0 Å². The zero-order valence-electron chi connectivity index (χ0n) is 4.78. The van der Waals surface area contributed by atoms with Crippen molar-refractivity contribution >= 4 is 0 Å². The molecule has 0 fully saturated rings. The van der Waals surface area contributed by atoms with Crippen molar-refractivity contribution in [1.82, 2.24) is 0 Å². The molecule has 1 unspecified atom stereocenters. The van der Waals surface area contributed by atoms with Crippen molar-refractivity contribution in [2.45, 2.75) is 19.9 Å². The van der Waals surface area contributed by atoms with Crippen molar-refractivity contribution in [3.63, 3.8) is 0 Å². The van der Waals surface area contributed by atoms with Gasteiger partial charge in [0.15, 0.2) is 0 Å². The monoisotopic (exact) mass is 87.1 g/mol. The highest BCUT2D eigenvalue weighted by atomic mass is 15.1. The highest BCUT2D eigenvalue weighted by Crippen LogP contribution is 1.60. The Bertz CT molecular complexity index is 24.9. The second-order valence-electron chi connectivity index (χ2n) is 2.00. The lowest BCUT2D eigenvalue weighted by molar-refractivity contribution is -0.855. The predicted molar refractivity (Wildman–Crippen MR) is 27.4 cm³/mol. The molecule has 0 saturated carbocycles. The number of hydrogen-bond acceptors (Lipinski definition) is 0. The van der Waals surface area contributed by atoms with Crippen LogP contribution in [0.1, 0.15) is 13.8 Å². The van der Waals surface area contributed by atoms with Gasteiger partial charge in [0.2, 0.25) is 0 Å². The summed E-state index contributed by atoms with van der Waals surface area (Å²) in [6, 6.07) is 0.657. The molecule has 0 amide bonds. The third kappa shape index (κ3) is 2.21. The molecule has 0 aromatic rings. The van der Waals surface area contributed by atoms with Crippen LogP contribution in [-0.4, -0.2) is 13.1 Å². The summed E-state index contributed by atoms with van der Waals surface area (Å²) >= 11 is 0. The van der Waals surface area contributed by atoms with E-state index in [1.807, 2.05) is 7.05 Å². The fourth-order valence-corrected chi connectivity index (χ4v) is 0. The van der Waals surface area contributed by atoms with E-state index in [4.69, 9.17) is 0 Å². The molecule has 1 atom stereocenters. The lowest BCUT2D eigenvalue weighted by atomic mass is 10.4. The van der Waals surface area contributed by atoms with Gasteiger partial charge in [-0.2, -0.15) is 7.05 Å². The van der Waals surface area contributed by atoms with Crippen LogP contribution < -0.4 is 4.90 Å². The highest BCUT2D eigenvalue weighted by Gasteiger charge is 1.88. The van der Waals surface area contributed by atoms with Crippen LogP contribution in [0, 0.1) is 7.05 Å². The molecule has 0 aromatic heterocycles. The molecular formula is C5H13N. The number of nitrogens with one attached hydrogen (secondary N) is 1. The SMILES string of the molecule is [CH2-][NH+](C)C(C)C. The molecule has 0 heterocycles. The van der Waals surface area contributed by atoms with Gasteiger partial charge in [-0.25, -0.2) is 0 Å². The molecule has 0 saturated heterocycles. The Morgan fingerprint density at radius 3 is 1.67 bits per heavy atom. The lowest BCUT2D eigenvalue weighted by Gasteiger charge is -2.18. The standard InChI is InChI=1S/C5H13N/c1-5(2)6(3)4/h5-6H,3H2,1-2,4H3. The summed E-state index contributed by atoms with van der Waals surface area (Å²) in [4.78, 5) is 1.26. The molecule has 0 rings (SSSR count). The third-order valence-electron chi connectivity index (χ3n) is 0.986. The summed E-state index contributed by atoms with van der Waals surface area (Å²) in [5, 5.41) is 0. The first kappa shape index (κ1) is 5.96. The number of rotatable bonds is 1. The maximum Gasteiger partial charge on any atom is 0.0575 e. The zero-order chi connectivity index (χ0) is 5.15. The van der Waals surface area contributed by atoms with Crippen molar-refractivity contribution in [3.05, 3.63) is 7.05 Å². The molecule has 1 nitrogen and oxygen atoms in total. The molecule has 1 heteroatoms. The van der Waals surface area contributed by atoms with Crippen LogP contribution in [0.25, 0.3) is 0 Å². The molecule has 0 aliphatic rings. The highest BCUT2D eigenvalue weighted by molar-refractivity contribution is 4.26. The van der Waals surface area contributed by atoms with E-state index in [0.717, 1.165) is 0 Å². The van der Waals surface area contributed by atoms with Crippen LogP contribution in [-0.2, 0) is 0 Å². The lowest BCUT2D eigenvalue weighted by Crippen LogP contribution is -3.06. The summed E-state index contributed by atoms with van der Waals surface area (Å²) in [5.74, 6) is 0. The fraction of sp³-hybridized carbons (Fsp3) is 0.800. The molecule has 6 heavy (non-hydrogen) atoms. The van der Waals surface area contributed by atoms with E-state index in [0.29, 0.717) is 6.04 Å². The van der Waals surface area contributed by atoms with E-state index >= 15 is 0 Å². The Morgan fingerprint density at radius 2 is 1.67 bits per heavy atom. The van der Waals surface area contributed by atoms with Gasteiger partial charge in [0, 0.05) is 7.05 Å². The van der Waals surface area contributed by atoms with Gasteiger partial charge in [-0.05, 0) is 13.8 Å². The molecule has 0 spiro atoms. The zero-order valence-corrected chi connectivity index (χ0v) is 4.78. The van der Waals surface area contributed by atoms with E-state index in [1.54, 1.807) is 0 Å². The van der Waals surface area contributed by atoms with Crippen LogP contribution in [0.2, 0.25) is 0 Å². The number of quaternary nitrogens is 1. The minimum atomic E-state index is 0.657. The van der Waals surface area contributed by atoms with Gasteiger partial charge in [0.25, 0.3) is 0 Å². The van der Waals surface area contributed by atoms with Gasteiger partial charge in [0.05, 0.1) is 6.04 Å². The maximum atomic E-state index is 3.75. The molecule has 0 radical (unpaired) electrons. The van der Waals surface area contributed by atoms with Crippen LogP contribution in [0.3, 0.4) is 0 Å². The minimum absolute atomic E-state index is 0.657. The minimum Gasteiger partial charge on any atom is -0.468 e. The molecule has 1 N–H and O–H groups in total. The first-order valence-electron chi connectivity index (χ1n) is 2.30. The van der Waals surface area contributed by atoms with E-state index in [2.05, 4.69) is 20.9 Å². The molecule has 38 valence electrons. The summed E-state index contributed by atoms with van der Waals surface area (Å²) in [6.45, 7) is 4.28. The molecule has 0 bridgehead atoms. The molecular weight excluding hydrogens is 74.1 g/mol. The second-order valence-corrected chi connectivity index (χ2v) is 2.00. The van der Waals surface area contributed by atoms with E-state index in [9.17, 15) is 0 Å². The van der Waals surface area contributed by atoms with Crippen molar-refractivity contribution in [1.29, 1.82) is 0 Å². The van der Waals surface area contributed by atoms with Gasteiger partial charge in [-0.15, -0.1) is 0 Å². The van der Waals surface area contributed by atoms with Crippen molar-refractivity contribution in [2.24, 2.45) is 0 Å². The topological polar surface area (TPSA) is 4.44 Å². The van der Waals surface area contributed by atoms with E-state index in [-0.39, 0.29) is 0 Å². The average Bonchev–Trinajstić information content (AvgIpc) is 1.36. The van der Waals surface area contributed by atoms with Gasteiger partial charge in [-0.1, -0.05) is 0 Å². The van der Waals surface area contributed by atoms with Crippen LogP contribution in [0.5, 0.6) is 0 Å². The average molecular weight is 87.2 g/mol. The fourth-order valence-electron chi connectivity index (χ4n) is 0. The second kappa shape index (κ2) is 2.19. The maximum absolute atomic E-state index is 3.75. The van der Waals surface area contributed by atoms with Crippen LogP contribution >= 0.6 is 0 Å². The van der Waals surface area contributed by atoms with Crippen molar-refractivity contribution in [2.75, 3.05) is 7.05 Å². The van der Waals surface area contributed by atoms with Gasteiger partial charge < -0.3 is 4.90 Å². The van der Waals surface area contributed by atoms with Crippen LogP contribution in [0.4, 0.5) is 0 Å². The first-order chi connectivity index (χ1) is 2.64. The smallest absolute Gasteiger partial charge is 0.0575 e. The summed E-state index contributed by atoms with van der Waals surface area (Å²) in [7, 11) is 5.80. The van der Waals surface area contributed by atoms with Crippen molar-refractivity contribution in [3.8, 4) is 0 Å². The number of hydrogen-bond donors (Lipinski definition) is 1. The quantitative estimate of drug-likeness (QED) is 0.419. The van der Waals surface area contributed by atoms with Gasteiger partial charge >= 0.3 is 0 Å². The Balaban J connectivity index is 2.99. The normalized spacial score (nSPS) is 15.5. The Morgan fingerprint density at radius 1 is 1.50 bits per heavy atom. The third-order valence-corrected chi connectivity index (χ3v) is 0.986. The van der Waals surface area contributed by atoms with Crippen molar-refractivity contribution < 1.29 is 4.90 Å².